The summed E-state index contributed by atoms with van der Waals surface area (Å²) in [5, 5.41) is 0. The van der Waals surface area contributed by atoms with Crippen LogP contribution in [0.1, 0.15) is 83.1 Å². The minimum Gasteiger partial charge on any atom is -0.784 e. The first-order valence-corrected chi connectivity index (χ1v) is 17.2. The van der Waals surface area contributed by atoms with Crippen LogP contribution in [0.4, 0.5) is 0 Å². The number of hydrogen-bond acceptors (Lipinski definition) is 8. The van der Waals surface area contributed by atoms with E-state index in [1.54, 1.807) is 0 Å². The van der Waals surface area contributed by atoms with Crippen molar-refractivity contribution in [2.45, 2.75) is 102 Å². The van der Waals surface area contributed by atoms with E-state index in [-0.39, 0.29) is 38.5 Å². The van der Waals surface area contributed by atoms with Gasteiger partial charge in [-0.25, -0.2) is 0 Å². The van der Waals surface area contributed by atoms with Crippen molar-refractivity contribution in [1.82, 2.24) is 0 Å². The minimum atomic E-state index is -3.35. The molecule has 0 aromatic rings. The van der Waals surface area contributed by atoms with Gasteiger partial charge in [-0.2, -0.15) is 0 Å². The van der Waals surface area contributed by atoms with Crippen molar-refractivity contribution in [3.63, 3.8) is 0 Å². The predicted molar refractivity (Wildman–Crippen MR) is 125 cm³/mol. The summed E-state index contributed by atoms with van der Waals surface area (Å²) in [6.07, 6.45) is 0. The molecule has 11 heteroatoms. The fraction of sp³-hybridized carbons (Fsp3) is 1.00. The Morgan fingerprint density at radius 1 is 0.481 bits per heavy atom. The standard InChI is InChI=1S/2C8H19O2PS2.Zn/c2*1-7(2,3)12-11(9,10)13-8(4,5)6;/h2*1-6H3,(H,9,10);/q;;+2/p-2. The van der Waals surface area contributed by atoms with Gasteiger partial charge in [0.2, 0.25) is 0 Å². The topological polar surface area (TPSA) is 80.3 Å². The summed E-state index contributed by atoms with van der Waals surface area (Å²) < 4.78 is 22.3. The second-order valence-electron chi connectivity index (χ2n) is 9.71. The molecule has 160 valence electrons. The summed E-state index contributed by atoms with van der Waals surface area (Å²) in [7, 11) is 0. The first-order chi connectivity index (χ1) is 10.8. The van der Waals surface area contributed by atoms with Crippen molar-refractivity contribution in [3.8, 4) is 0 Å². The van der Waals surface area contributed by atoms with Crippen molar-refractivity contribution in [2.24, 2.45) is 0 Å². The van der Waals surface area contributed by atoms with E-state index in [1.807, 2.05) is 83.1 Å². The predicted octanol–water partition coefficient (Wildman–Crippen LogP) is 7.03. The number of hydrogen-bond donors (Lipinski definition) is 0. The Kier molecular flexibility index (Phi) is 14.9. The van der Waals surface area contributed by atoms with Gasteiger partial charge in [0.1, 0.15) is 11.5 Å². The molecule has 0 spiro atoms. The van der Waals surface area contributed by atoms with Gasteiger partial charge >= 0.3 is 19.5 Å². The molecule has 0 radical (unpaired) electrons. The Balaban J connectivity index is -0.000000411. The molecule has 0 aromatic heterocycles. The van der Waals surface area contributed by atoms with E-state index in [2.05, 4.69) is 0 Å². The van der Waals surface area contributed by atoms with Crippen molar-refractivity contribution in [3.05, 3.63) is 0 Å². The van der Waals surface area contributed by atoms with Crippen LogP contribution in [-0.4, -0.2) is 19.0 Å². The molecule has 0 aliphatic carbocycles. The third kappa shape index (κ3) is 28.4. The molecule has 0 heterocycles. The molecular weight excluding hydrogens is 512 g/mol. The van der Waals surface area contributed by atoms with Crippen LogP contribution in [0.25, 0.3) is 0 Å². The van der Waals surface area contributed by atoms with E-state index >= 15 is 0 Å². The zero-order valence-electron chi connectivity index (χ0n) is 18.9. The Labute approximate surface area is 196 Å². The third-order valence-corrected chi connectivity index (χ3v) is 16.6. The van der Waals surface area contributed by atoms with Crippen LogP contribution in [0.5, 0.6) is 0 Å². The molecule has 0 N–H and O–H groups in total. The van der Waals surface area contributed by atoms with E-state index in [0.29, 0.717) is 0 Å². The summed E-state index contributed by atoms with van der Waals surface area (Å²) in [6.45, 7) is 22.9. The molecular formula is C16H36O4P2S4Zn. The summed E-state index contributed by atoms with van der Waals surface area (Å²) in [5.74, 6) is -6.70. The summed E-state index contributed by atoms with van der Waals surface area (Å²) in [5.41, 5.74) is 0. The van der Waals surface area contributed by atoms with Crippen molar-refractivity contribution in [1.29, 1.82) is 0 Å². The van der Waals surface area contributed by atoms with E-state index in [0.717, 1.165) is 45.5 Å². The van der Waals surface area contributed by atoms with E-state index in [4.69, 9.17) is 0 Å². The normalized spacial score (nSPS) is 14.1. The van der Waals surface area contributed by atoms with E-state index < -0.39 is 11.5 Å². The average molecular weight is 548 g/mol. The van der Waals surface area contributed by atoms with Crippen LogP contribution >= 0.6 is 57.1 Å². The monoisotopic (exact) mass is 546 g/mol. The first-order valence-electron chi connectivity index (χ1n) is 8.28. The van der Waals surface area contributed by atoms with Crippen molar-refractivity contribution in [2.75, 3.05) is 0 Å². The molecule has 0 aliphatic heterocycles. The molecule has 0 atom stereocenters. The molecule has 0 aromatic carbocycles. The SMILES string of the molecule is CC(C)(C)SP(=O)([O-])SC(C)(C)C.CC(C)(C)SP(=O)([O-])SC(C)(C)C.[Zn+2]. The Hall–Kier alpha value is 2.40. The largest absolute Gasteiger partial charge is 2.00 e. The quantitative estimate of drug-likeness (QED) is 0.274. The summed E-state index contributed by atoms with van der Waals surface area (Å²) >= 11 is 4.20. The summed E-state index contributed by atoms with van der Waals surface area (Å²) in [4.78, 5) is 23.2. The molecule has 0 rings (SSSR count). The minimum absolute atomic E-state index is 0. The zero-order valence-corrected chi connectivity index (χ0v) is 26.9. The van der Waals surface area contributed by atoms with Crippen LogP contribution in [0.2, 0.25) is 0 Å². The molecule has 0 bridgehead atoms. The van der Waals surface area contributed by atoms with Gasteiger partial charge in [0.15, 0.2) is 0 Å². The molecule has 0 amide bonds. The van der Waals surface area contributed by atoms with Gasteiger partial charge in [0.25, 0.3) is 0 Å². The van der Waals surface area contributed by atoms with Crippen LogP contribution in [0.15, 0.2) is 0 Å². The number of rotatable bonds is 4. The molecule has 4 nitrogen and oxygen atoms in total. The van der Waals surface area contributed by atoms with Gasteiger partial charge in [-0.3, -0.25) is 0 Å². The van der Waals surface area contributed by atoms with Crippen LogP contribution in [0, 0.1) is 0 Å². The molecule has 27 heavy (non-hydrogen) atoms. The maximum absolute atomic E-state index is 11.6. The molecule has 0 saturated heterocycles. The maximum atomic E-state index is 11.6. The van der Waals surface area contributed by atoms with E-state index in [1.165, 1.54) is 0 Å². The van der Waals surface area contributed by atoms with Gasteiger partial charge in [0.05, 0.1) is 0 Å². The molecule has 0 saturated carbocycles. The summed E-state index contributed by atoms with van der Waals surface area (Å²) in [6, 6.07) is 0. The van der Waals surface area contributed by atoms with Crippen LogP contribution < -0.4 is 9.79 Å². The Bertz CT molecular complexity index is 444. The molecule has 0 aliphatic rings. The molecule has 0 unspecified atom stereocenters. The van der Waals surface area contributed by atoms with Gasteiger partial charge < -0.3 is 18.9 Å². The fourth-order valence-corrected chi connectivity index (χ4v) is 21.1. The van der Waals surface area contributed by atoms with Crippen LogP contribution in [-0.2, 0) is 28.6 Å². The Morgan fingerprint density at radius 3 is 0.667 bits per heavy atom. The van der Waals surface area contributed by atoms with Crippen molar-refractivity contribution < 1.29 is 38.4 Å². The third-order valence-electron chi connectivity index (χ3n) is 1.54. The van der Waals surface area contributed by atoms with Crippen molar-refractivity contribution >= 4 is 57.1 Å². The van der Waals surface area contributed by atoms with Gasteiger partial charge in [-0.1, -0.05) is 129 Å². The average Bonchev–Trinajstić information content (AvgIpc) is 1.97. The van der Waals surface area contributed by atoms with Gasteiger partial charge in [-0.15, -0.1) is 0 Å². The van der Waals surface area contributed by atoms with Crippen LogP contribution in [0.3, 0.4) is 0 Å². The Morgan fingerprint density at radius 2 is 0.593 bits per heavy atom. The van der Waals surface area contributed by atoms with Gasteiger partial charge in [0, 0.05) is 19.0 Å². The second-order valence-corrected chi connectivity index (χ2v) is 26.5. The molecule has 0 fully saturated rings. The van der Waals surface area contributed by atoms with Gasteiger partial charge in [-0.05, 0) is 0 Å². The second kappa shape index (κ2) is 11.9. The maximum Gasteiger partial charge on any atom is 2.00 e. The smallest absolute Gasteiger partial charge is 0.784 e. The fourth-order valence-electron chi connectivity index (χ4n) is 1.38. The first kappa shape index (κ1) is 34.0. The zero-order chi connectivity index (χ0) is 21.8. The van der Waals surface area contributed by atoms with E-state index in [9.17, 15) is 18.9 Å².